The number of ether oxygens (including phenoxy) is 1. The van der Waals surface area contributed by atoms with Gasteiger partial charge in [-0.2, -0.15) is 0 Å². The Bertz CT molecular complexity index is 1180. The Labute approximate surface area is 199 Å². The van der Waals surface area contributed by atoms with Crippen LogP contribution >= 0.6 is 0 Å². The minimum absolute atomic E-state index is 0.00521. The largest absolute Gasteiger partial charge is 0.457 e. The third-order valence-electron chi connectivity index (χ3n) is 6.94. The summed E-state index contributed by atoms with van der Waals surface area (Å²) < 4.78 is 8.18. The molecule has 0 radical (unpaired) electrons. The van der Waals surface area contributed by atoms with Crippen molar-refractivity contribution in [2.75, 3.05) is 19.6 Å². The van der Waals surface area contributed by atoms with Crippen molar-refractivity contribution < 1.29 is 18.9 Å². The van der Waals surface area contributed by atoms with Gasteiger partial charge in [-0.15, -0.1) is 0 Å². The first kappa shape index (κ1) is 21.9. The molecule has 3 N–H and O–H groups in total. The number of para-hydroxylation sites is 1. The van der Waals surface area contributed by atoms with Crippen molar-refractivity contribution in [2.24, 2.45) is 11.7 Å². The third-order valence-corrected chi connectivity index (χ3v) is 6.94. The highest BCUT2D eigenvalue weighted by Crippen LogP contribution is 2.35. The summed E-state index contributed by atoms with van der Waals surface area (Å²) in [5.41, 5.74) is 8.16. The van der Waals surface area contributed by atoms with E-state index in [1.807, 2.05) is 59.5 Å². The van der Waals surface area contributed by atoms with Crippen LogP contribution < -0.4 is 15.8 Å². The second-order valence-electron chi connectivity index (χ2n) is 8.90. The number of likely N-dealkylation sites (tertiary alicyclic amines) is 1. The Kier molecular flexibility index (Phi) is 5.92. The monoisotopic (exact) mass is 457 g/mol. The molecule has 2 fully saturated rings. The van der Waals surface area contributed by atoms with Gasteiger partial charge in [0.1, 0.15) is 17.5 Å². The van der Waals surface area contributed by atoms with E-state index >= 15 is 0 Å². The molecular weight excluding hydrogens is 428 g/mol. The summed E-state index contributed by atoms with van der Waals surface area (Å²) in [6.07, 6.45) is 4.21. The number of nitrogens with zero attached hydrogens (tertiary/aromatic N) is 2. The minimum Gasteiger partial charge on any atom is -0.457 e. The Morgan fingerprint density at radius 3 is 2.35 bits per heavy atom. The molecule has 3 heterocycles. The van der Waals surface area contributed by atoms with E-state index in [2.05, 4.69) is 16.5 Å². The minimum atomic E-state index is -0.426. The lowest BCUT2D eigenvalue weighted by Crippen LogP contribution is -2.56. The number of nitrogens with one attached hydrogen (secondary N) is 1. The summed E-state index contributed by atoms with van der Waals surface area (Å²) in [4.78, 5) is 26.2. The van der Waals surface area contributed by atoms with Gasteiger partial charge in [0.2, 0.25) is 5.91 Å². The lowest BCUT2D eigenvalue weighted by molar-refractivity contribution is -0.554. The van der Waals surface area contributed by atoms with Gasteiger partial charge < -0.3 is 15.4 Å². The molecule has 2 amide bonds. The summed E-state index contributed by atoms with van der Waals surface area (Å²) in [6.45, 7) is 5.87. The van der Waals surface area contributed by atoms with Crippen LogP contribution in [0, 0.1) is 5.92 Å². The number of carbonyl (C=O) groups excluding carboxylic acids is 2. The van der Waals surface area contributed by atoms with Crippen molar-refractivity contribution >= 4 is 17.5 Å². The molecule has 1 atom stereocenters. The van der Waals surface area contributed by atoms with Gasteiger partial charge in [-0.05, 0) is 55.3 Å². The number of fused-ring (bicyclic) bond motifs is 1. The Hall–Kier alpha value is -3.87. The molecule has 5 rings (SSSR count). The Morgan fingerprint density at radius 2 is 1.71 bits per heavy atom. The van der Waals surface area contributed by atoms with Gasteiger partial charge in [0.15, 0.2) is 11.3 Å². The summed E-state index contributed by atoms with van der Waals surface area (Å²) in [5, 5.41) is 3.38. The summed E-state index contributed by atoms with van der Waals surface area (Å²) >= 11 is 0. The lowest BCUT2D eigenvalue weighted by atomic mass is 9.83. The average Bonchev–Trinajstić information content (AvgIpc) is 2.85. The number of piperidine rings is 1. The SMILES string of the molecule is C=CC(=O)N1CCC(C2CCNC3=C(C(N)=O)C(c4ccc(Oc5ccccc5)cc4)=[N+]32)CC1. The van der Waals surface area contributed by atoms with Gasteiger partial charge in [-0.3, -0.25) is 14.9 Å². The molecule has 0 bridgehead atoms. The van der Waals surface area contributed by atoms with E-state index in [1.165, 1.54) is 6.08 Å². The number of benzene rings is 2. The van der Waals surface area contributed by atoms with Gasteiger partial charge in [0.05, 0.1) is 6.54 Å². The molecule has 2 saturated heterocycles. The van der Waals surface area contributed by atoms with E-state index in [0.29, 0.717) is 11.5 Å². The zero-order valence-corrected chi connectivity index (χ0v) is 19.1. The Balaban J connectivity index is 1.40. The first-order valence-electron chi connectivity index (χ1n) is 11.8. The normalized spacial score (nSPS) is 20.2. The molecule has 0 aliphatic carbocycles. The molecule has 2 aromatic rings. The molecule has 2 aromatic carbocycles. The molecule has 34 heavy (non-hydrogen) atoms. The fourth-order valence-electron chi connectivity index (χ4n) is 5.29. The maximum absolute atomic E-state index is 12.4. The maximum atomic E-state index is 12.4. The number of carbonyl (C=O) groups is 2. The van der Waals surface area contributed by atoms with Crippen molar-refractivity contribution in [3.05, 3.63) is 84.2 Å². The second-order valence-corrected chi connectivity index (χ2v) is 8.90. The molecule has 0 saturated carbocycles. The average molecular weight is 458 g/mol. The molecule has 7 heteroatoms. The zero-order valence-electron chi connectivity index (χ0n) is 19.1. The van der Waals surface area contributed by atoms with Crippen molar-refractivity contribution in [3.63, 3.8) is 0 Å². The highest BCUT2D eigenvalue weighted by Gasteiger charge is 2.48. The summed E-state index contributed by atoms with van der Waals surface area (Å²) in [6, 6.07) is 17.7. The van der Waals surface area contributed by atoms with Gasteiger partial charge in [0.25, 0.3) is 11.7 Å². The van der Waals surface area contributed by atoms with E-state index in [4.69, 9.17) is 10.5 Å². The third kappa shape index (κ3) is 3.98. The van der Waals surface area contributed by atoms with E-state index in [0.717, 1.165) is 67.5 Å². The van der Waals surface area contributed by atoms with Crippen molar-refractivity contribution in [1.82, 2.24) is 10.2 Å². The standard InChI is InChI=1S/C27H28N4O3/c1-2-23(32)30-16-13-18(14-17-30)22-12-15-29-27-24(26(28)33)25(31(22)27)19-8-10-21(11-9-19)34-20-6-4-3-5-7-20/h2-11,18,22H,1,12-17H2,(H2,28,33)/p+1. The summed E-state index contributed by atoms with van der Waals surface area (Å²) in [7, 11) is 0. The molecule has 7 nitrogen and oxygen atoms in total. The van der Waals surface area contributed by atoms with Gasteiger partial charge in [-0.1, -0.05) is 24.8 Å². The quantitative estimate of drug-likeness (QED) is 0.516. The van der Waals surface area contributed by atoms with Crippen LogP contribution in [0.15, 0.2) is 78.6 Å². The maximum Gasteiger partial charge on any atom is 0.292 e. The van der Waals surface area contributed by atoms with Crippen LogP contribution in [0.3, 0.4) is 0 Å². The smallest absolute Gasteiger partial charge is 0.292 e. The number of hydrogen-bond donors (Lipinski definition) is 2. The molecule has 0 aromatic heterocycles. The zero-order chi connectivity index (χ0) is 23.7. The predicted octanol–water partition coefficient (Wildman–Crippen LogP) is 2.78. The van der Waals surface area contributed by atoms with E-state index in [-0.39, 0.29) is 11.9 Å². The molecule has 0 spiro atoms. The van der Waals surface area contributed by atoms with Crippen molar-refractivity contribution in [1.29, 1.82) is 0 Å². The topological polar surface area (TPSA) is 87.7 Å². The highest BCUT2D eigenvalue weighted by atomic mass is 16.5. The van der Waals surface area contributed by atoms with Crippen LogP contribution in [0.1, 0.15) is 24.8 Å². The van der Waals surface area contributed by atoms with Crippen molar-refractivity contribution in [3.8, 4) is 11.5 Å². The summed E-state index contributed by atoms with van der Waals surface area (Å²) in [5.74, 6) is 2.32. The first-order valence-corrected chi connectivity index (χ1v) is 11.8. The predicted molar refractivity (Wildman–Crippen MR) is 129 cm³/mol. The van der Waals surface area contributed by atoms with Gasteiger partial charge in [-0.25, -0.2) is 4.58 Å². The first-order chi connectivity index (χ1) is 16.6. The Morgan fingerprint density at radius 1 is 1.03 bits per heavy atom. The molecule has 3 aliphatic heterocycles. The van der Waals surface area contributed by atoms with Crippen molar-refractivity contribution in [2.45, 2.75) is 25.3 Å². The fraction of sp³-hybridized carbons (Fsp3) is 0.296. The van der Waals surface area contributed by atoms with Crippen LogP contribution in [0.5, 0.6) is 11.5 Å². The molecular formula is C27H29N4O3+. The van der Waals surface area contributed by atoms with Crippen LogP contribution in [0.2, 0.25) is 0 Å². The number of amides is 2. The van der Waals surface area contributed by atoms with Gasteiger partial charge >= 0.3 is 0 Å². The van der Waals surface area contributed by atoms with E-state index < -0.39 is 5.91 Å². The van der Waals surface area contributed by atoms with Crippen LogP contribution in [-0.4, -0.2) is 52.7 Å². The van der Waals surface area contributed by atoms with E-state index in [9.17, 15) is 9.59 Å². The van der Waals surface area contributed by atoms with E-state index in [1.54, 1.807) is 0 Å². The number of hydrogen-bond acceptors (Lipinski definition) is 4. The number of primary amides is 1. The lowest BCUT2D eigenvalue weighted by Gasteiger charge is -2.40. The molecule has 1 unspecified atom stereocenters. The van der Waals surface area contributed by atoms with Crippen LogP contribution in [-0.2, 0) is 9.59 Å². The second kappa shape index (κ2) is 9.17. The fourth-order valence-corrected chi connectivity index (χ4v) is 5.29. The number of nitrogens with two attached hydrogens (primary N) is 1. The van der Waals surface area contributed by atoms with Crippen LogP contribution in [0.25, 0.3) is 0 Å². The molecule has 174 valence electrons. The number of rotatable bonds is 6. The molecule has 3 aliphatic rings. The van der Waals surface area contributed by atoms with Crippen LogP contribution in [0.4, 0.5) is 0 Å². The van der Waals surface area contributed by atoms with Gasteiger partial charge in [0, 0.05) is 31.0 Å². The highest BCUT2D eigenvalue weighted by molar-refractivity contribution is 6.28.